The Labute approximate surface area is 112 Å². The lowest BCUT2D eigenvalue weighted by Crippen LogP contribution is -2.13. The van der Waals surface area contributed by atoms with E-state index in [0.717, 1.165) is 9.99 Å². The molecule has 0 atom stereocenters. The molecule has 16 heavy (non-hydrogen) atoms. The van der Waals surface area contributed by atoms with Crippen LogP contribution in [0.15, 0.2) is 12.1 Å². The van der Waals surface area contributed by atoms with E-state index in [0.29, 0.717) is 16.5 Å². The van der Waals surface area contributed by atoms with Gasteiger partial charge in [-0.1, -0.05) is 34.2 Å². The third kappa shape index (κ3) is 3.41. The van der Waals surface area contributed by atoms with Crippen LogP contribution in [0.1, 0.15) is 5.56 Å². The van der Waals surface area contributed by atoms with E-state index in [9.17, 15) is 4.79 Å². The van der Waals surface area contributed by atoms with E-state index < -0.39 is 5.97 Å². The molecule has 4 nitrogen and oxygen atoms in total. The number of carboxylic acid groups (broad SMARTS) is 1. The predicted octanol–water partition coefficient (Wildman–Crippen LogP) is 2.78. The number of hydrogen-bond donors (Lipinski definition) is 2. The number of rotatable bonds is 5. The molecule has 0 aliphatic heterocycles. The van der Waals surface area contributed by atoms with E-state index in [2.05, 4.69) is 27.9 Å². The van der Waals surface area contributed by atoms with Crippen LogP contribution in [-0.2, 0) is 9.22 Å². The highest BCUT2D eigenvalue weighted by molar-refractivity contribution is 14.1. The van der Waals surface area contributed by atoms with Crippen molar-refractivity contribution in [1.29, 1.82) is 0 Å². The predicted molar refractivity (Wildman–Crippen MR) is 71.9 cm³/mol. The Hall–Kier alpha value is -0.690. The number of ether oxygens (including phenoxy) is 1. The normalized spacial score (nSPS) is 9.94. The first-order valence-electron chi connectivity index (χ1n) is 4.46. The number of carboxylic acids is 1. The second-order valence-electron chi connectivity index (χ2n) is 3.02. The Morgan fingerprint density at radius 1 is 1.62 bits per heavy atom. The van der Waals surface area contributed by atoms with Crippen LogP contribution in [0.2, 0.25) is 5.02 Å². The zero-order chi connectivity index (χ0) is 12.1. The smallest absolute Gasteiger partial charge is 0.322 e. The SMILES string of the molecule is COc1cc(Cl)c(CI)cc1NCC(=O)O. The topological polar surface area (TPSA) is 58.6 Å². The number of alkyl halides is 1. The van der Waals surface area contributed by atoms with Gasteiger partial charge >= 0.3 is 5.97 Å². The molecule has 88 valence electrons. The molecule has 0 amide bonds. The maximum absolute atomic E-state index is 10.5. The van der Waals surface area contributed by atoms with E-state index in [1.54, 1.807) is 12.1 Å². The summed E-state index contributed by atoms with van der Waals surface area (Å²) < 4.78 is 5.87. The molecule has 0 aromatic heterocycles. The average Bonchev–Trinajstić information content (AvgIpc) is 2.26. The van der Waals surface area contributed by atoms with Crippen molar-refractivity contribution in [3.05, 3.63) is 22.7 Å². The van der Waals surface area contributed by atoms with E-state index in [4.69, 9.17) is 21.4 Å². The van der Waals surface area contributed by atoms with Crippen LogP contribution in [0.3, 0.4) is 0 Å². The minimum Gasteiger partial charge on any atom is -0.495 e. The Morgan fingerprint density at radius 2 is 2.31 bits per heavy atom. The van der Waals surface area contributed by atoms with Gasteiger partial charge in [-0.15, -0.1) is 0 Å². The summed E-state index contributed by atoms with van der Waals surface area (Å²) in [6.45, 7) is -0.154. The third-order valence-electron chi connectivity index (χ3n) is 1.94. The van der Waals surface area contributed by atoms with Crippen LogP contribution in [0.5, 0.6) is 5.75 Å². The molecule has 0 aliphatic carbocycles. The molecule has 1 aromatic rings. The summed E-state index contributed by atoms with van der Waals surface area (Å²) in [7, 11) is 1.52. The van der Waals surface area contributed by atoms with Gasteiger partial charge in [0.25, 0.3) is 0 Å². The highest BCUT2D eigenvalue weighted by Crippen LogP contribution is 2.32. The fourth-order valence-electron chi connectivity index (χ4n) is 1.18. The lowest BCUT2D eigenvalue weighted by Gasteiger charge is -2.12. The zero-order valence-corrected chi connectivity index (χ0v) is 11.5. The fourth-order valence-corrected chi connectivity index (χ4v) is 2.26. The summed E-state index contributed by atoms with van der Waals surface area (Å²) in [5.41, 5.74) is 1.58. The molecule has 0 fully saturated rings. The summed E-state index contributed by atoms with van der Waals surface area (Å²) in [4.78, 5) is 10.5. The van der Waals surface area contributed by atoms with E-state index in [-0.39, 0.29) is 6.54 Å². The summed E-state index contributed by atoms with van der Waals surface area (Å²) in [6, 6.07) is 3.48. The molecule has 1 rings (SSSR count). The zero-order valence-electron chi connectivity index (χ0n) is 8.59. The Balaban J connectivity index is 2.99. The number of nitrogens with one attached hydrogen (secondary N) is 1. The van der Waals surface area contributed by atoms with Crippen molar-refractivity contribution in [3.63, 3.8) is 0 Å². The first-order chi connectivity index (χ1) is 7.58. The standard InChI is InChI=1S/C10H11ClINO3/c1-16-9-3-7(11)6(4-12)2-8(9)13-5-10(14)15/h2-3,13H,4-5H2,1H3,(H,14,15). The summed E-state index contributed by atoms with van der Waals surface area (Å²) in [5, 5.41) is 12.0. The molecule has 0 spiro atoms. The lowest BCUT2D eigenvalue weighted by molar-refractivity contribution is -0.134. The Bertz CT molecular complexity index is 398. The molecule has 0 aliphatic rings. The number of methoxy groups -OCH3 is 1. The van der Waals surface area contributed by atoms with Crippen LogP contribution in [0.25, 0.3) is 0 Å². The summed E-state index contributed by atoms with van der Waals surface area (Å²) in [6.07, 6.45) is 0. The molecule has 0 saturated carbocycles. The summed E-state index contributed by atoms with van der Waals surface area (Å²) in [5.74, 6) is -0.382. The van der Waals surface area contributed by atoms with E-state index >= 15 is 0 Å². The van der Waals surface area contributed by atoms with Gasteiger partial charge in [-0.25, -0.2) is 0 Å². The fraction of sp³-hybridized carbons (Fsp3) is 0.300. The van der Waals surface area contributed by atoms with Crippen molar-refractivity contribution in [2.75, 3.05) is 19.0 Å². The van der Waals surface area contributed by atoms with Crippen LogP contribution >= 0.6 is 34.2 Å². The molecule has 6 heteroatoms. The average molecular weight is 356 g/mol. The van der Waals surface area contributed by atoms with Crippen LogP contribution in [-0.4, -0.2) is 24.7 Å². The second-order valence-corrected chi connectivity index (χ2v) is 4.19. The molecular formula is C10H11ClINO3. The van der Waals surface area contributed by atoms with Gasteiger partial charge in [0.2, 0.25) is 0 Å². The van der Waals surface area contributed by atoms with Gasteiger partial charge in [0.1, 0.15) is 12.3 Å². The minimum atomic E-state index is -0.923. The minimum absolute atomic E-state index is 0.154. The van der Waals surface area contributed by atoms with Crippen LogP contribution in [0, 0.1) is 0 Å². The molecule has 0 radical (unpaired) electrons. The Kier molecular flexibility index (Phi) is 5.14. The van der Waals surface area contributed by atoms with Crippen molar-refractivity contribution in [1.82, 2.24) is 0 Å². The largest absolute Gasteiger partial charge is 0.495 e. The number of hydrogen-bond acceptors (Lipinski definition) is 3. The second kappa shape index (κ2) is 6.15. The molecule has 0 bridgehead atoms. The Morgan fingerprint density at radius 3 is 2.81 bits per heavy atom. The molecule has 0 unspecified atom stereocenters. The van der Waals surface area contributed by atoms with Gasteiger partial charge in [-0.2, -0.15) is 0 Å². The van der Waals surface area contributed by atoms with Gasteiger partial charge in [0, 0.05) is 15.5 Å². The van der Waals surface area contributed by atoms with E-state index in [1.165, 1.54) is 7.11 Å². The van der Waals surface area contributed by atoms with Crippen molar-refractivity contribution >= 4 is 45.8 Å². The molecule has 1 aromatic carbocycles. The van der Waals surface area contributed by atoms with Gasteiger partial charge in [0.15, 0.2) is 0 Å². The van der Waals surface area contributed by atoms with Crippen LogP contribution < -0.4 is 10.1 Å². The van der Waals surface area contributed by atoms with Crippen molar-refractivity contribution < 1.29 is 14.6 Å². The van der Waals surface area contributed by atoms with Crippen molar-refractivity contribution in [2.45, 2.75) is 4.43 Å². The first kappa shape index (κ1) is 13.4. The summed E-state index contributed by atoms with van der Waals surface area (Å²) >= 11 is 8.21. The third-order valence-corrected chi connectivity index (χ3v) is 3.12. The first-order valence-corrected chi connectivity index (χ1v) is 6.37. The number of aliphatic carboxylic acids is 1. The lowest BCUT2D eigenvalue weighted by atomic mass is 10.2. The maximum Gasteiger partial charge on any atom is 0.322 e. The van der Waals surface area contributed by atoms with E-state index in [1.807, 2.05) is 0 Å². The van der Waals surface area contributed by atoms with Gasteiger partial charge < -0.3 is 15.2 Å². The molecular weight excluding hydrogens is 344 g/mol. The number of halogens is 2. The molecule has 0 saturated heterocycles. The number of carbonyl (C=O) groups is 1. The molecule has 2 N–H and O–H groups in total. The highest BCUT2D eigenvalue weighted by atomic mass is 127. The number of benzene rings is 1. The van der Waals surface area contributed by atoms with Crippen molar-refractivity contribution in [3.8, 4) is 5.75 Å². The van der Waals surface area contributed by atoms with Crippen molar-refractivity contribution in [2.24, 2.45) is 0 Å². The molecule has 0 heterocycles. The van der Waals surface area contributed by atoms with Gasteiger partial charge in [-0.3, -0.25) is 4.79 Å². The maximum atomic E-state index is 10.5. The van der Waals surface area contributed by atoms with Gasteiger partial charge in [-0.05, 0) is 11.6 Å². The van der Waals surface area contributed by atoms with Gasteiger partial charge in [0.05, 0.1) is 12.8 Å². The quantitative estimate of drug-likeness (QED) is 0.630. The number of anilines is 1. The highest BCUT2D eigenvalue weighted by Gasteiger charge is 2.09. The van der Waals surface area contributed by atoms with Crippen LogP contribution in [0.4, 0.5) is 5.69 Å². The monoisotopic (exact) mass is 355 g/mol.